The van der Waals surface area contributed by atoms with Crippen LogP contribution in [0.5, 0.6) is 0 Å². The number of rotatable bonds is 5. The van der Waals surface area contributed by atoms with Crippen LogP contribution in [-0.2, 0) is 4.79 Å². The summed E-state index contributed by atoms with van der Waals surface area (Å²) in [5, 5.41) is 10.2. The number of hydrogen-bond acceptors (Lipinski definition) is 4. The predicted molar refractivity (Wildman–Crippen MR) is 58.4 cm³/mol. The molecule has 0 amide bonds. The fourth-order valence-electron chi connectivity index (χ4n) is 0.654. The summed E-state index contributed by atoms with van der Waals surface area (Å²) in [5.74, 6) is 0. The van der Waals surface area contributed by atoms with Gasteiger partial charge in [-0.3, -0.25) is 4.79 Å². The van der Waals surface area contributed by atoms with E-state index < -0.39 is 0 Å². The smallest absolute Gasteiger partial charge is 0.290 e. The van der Waals surface area contributed by atoms with Gasteiger partial charge < -0.3 is 21.1 Å². The van der Waals surface area contributed by atoms with Crippen molar-refractivity contribution in [3.63, 3.8) is 0 Å². The maximum Gasteiger partial charge on any atom is 0.290 e. The number of nitrogens with two attached hydrogens (primary N) is 1. The number of carbonyl (C=O) groups is 1. The van der Waals surface area contributed by atoms with Crippen molar-refractivity contribution in [2.75, 3.05) is 33.7 Å². The van der Waals surface area contributed by atoms with Crippen molar-refractivity contribution in [3.05, 3.63) is 0 Å². The average molecular weight is 205 g/mol. The fraction of sp³-hybridized carbons (Fsp3) is 0.889. The molecule has 0 aliphatic rings. The van der Waals surface area contributed by atoms with E-state index in [0.717, 1.165) is 13.1 Å². The maximum atomic E-state index is 8.36. The highest BCUT2D eigenvalue weighted by molar-refractivity contribution is 5.32. The number of hydrogen-bond donors (Lipinski definition) is 3. The second-order valence-corrected chi connectivity index (χ2v) is 3.78. The summed E-state index contributed by atoms with van der Waals surface area (Å²) in [6.07, 6.45) is 0. The molecular weight excluding hydrogens is 182 g/mol. The molecule has 0 bridgehead atoms. The third-order valence-corrected chi connectivity index (χ3v) is 2.09. The number of nitrogens with zero attached hydrogens (tertiary/aromatic N) is 1. The molecule has 5 heteroatoms. The molecular formula is C9H23N3O2. The fourth-order valence-corrected chi connectivity index (χ4v) is 0.654. The van der Waals surface area contributed by atoms with E-state index in [4.69, 9.17) is 15.6 Å². The molecule has 0 radical (unpaired) electrons. The number of carboxylic acid groups (broad SMARTS) is 1. The van der Waals surface area contributed by atoms with Gasteiger partial charge in [-0.15, -0.1) is 0 Å². The molecule has 0 saturated carbocycles. The van der Waals surface area contributed by atoms with E-state index >= 15 is 0 Å². The van der Waals surface area contributed by atoms with Crippen LogP contribution in [0.15, 0.2) is 0 Å². The maximum absolute atomic E-state index is 8.36. The molecule has 0 aromatic heterocycles. The van der Waals surface area contributed by atoms with Crippen LogP contribution >= 0.6 is 0 Å². The SMILES string of the molecule is CN(C)C(C)(C)CNCCN.O=CO. The molecule has 0 aliphatic heterocycles. The Morgan fingerprint density at radius 3 is 2.21 bits per heavy atom. The Labute approximate surface area is 86.3 Å². The van der Waals surface area contributed by atoms with Gasteiger partial charge in [-0.05, 0) is 27.9 Å². The van der Waals surface area contributed by atoms with Crippen molar-refractivity contribution in [3.8, 4) is 0 Å². The van der Waals surface area contributed by atoms with Crippen LogP contribution in [0.25, 0.3) is 0 Å². The third kappa shape index (κ3) is 9.44. The molecule has 14 heavy (non-hydrogen) atoms. The van der Waals surface area contributed by atoms with Crippen LogP contribution in [0.1, 0.15) is 13.8 Å². The largest absolute Gasteiger partial charge is 0.483 e. The first kappa shape index (κ1) is 15.8. The molecule has 0 aromatic rings. The molecule has 0 atom stereocenters. The zero-order valence-corrected chi connectivity index (χ0v) is 9.58. The quantitative estimate of drug-likeness (QED) is 0.419. The van der Waals surface area contributed by atoms with Gasteiger partial charge in [0, 0.05) is 25.2 Å². The third-order valence-electron chi connectivity index (χ3n) is 2.09. The average Bonchev–Trinajstić information content (AvgIpc) is 2.05. The van der Waals surface area contributed by atoms with Crippen molar-refractivity contribution in [2.24, 2.45) is 5.73 Å². The summed E-state index contributed by atoms with van der Waals surface area (Å²) in [5.41, 5.74) is 5.58. The Balaban J connectivity index is 0. The van der Waals surface area contributed by atoms with Gasteiger partial charge >= 0.3 is 0 Å². The zero-order chi connectivity index (χ0) is 11.6. The van der Waals surface area contributed by atoms with Gasteiger partial charge in [0.15, 0.2) is 0 Å². The van der Waals surface area contributed by atoms with Crippen LogP contribution in [0, 0.1) is 0 Å². The Hall–Kier alpha value is -0.650. The lowest BCUT2D eigenvalue weighted by molar-refractivity contribution is -0.122. The van der Waals surface area contributed by atoms with Crippen molar-refractivity contribution in [1.82, 2.24) is 10.2 Å². The van der Waals surface area contributed by atoms with E-state index in [1.165, 1.54) is 0 Å². The minimum atomic E-state index is -0.250. The first-order valence-electron chi connectivity index (χ1n) is 4.58. The normalized spacial score (nSPS) is 10.7. The molecule has 0 heterocycles. The minimum Gasteiger partial charge on any atom is -0.483 e. The highest BCUT2D eigenvalue weighted by Gasteiger charge is 2.18. The lowest BCUT2D eigenvalue weighted by atomic mass is 10.0. The molecule has 86 valence electrons. The van der Waals surface area contributed by atoms with Crippen LogP contribution in [-0.4, -0.2) is 55.7 Å². The van der Waals surface area contributed by atoms with E-state index in [0.29, 0.717) is 6.54 Å². The second kappa shape index (κ2) is 8.93. The summed E-state index contributed by atoms with van der Waals surface area (Å²) in [7, 11) is 4.17. The summed E-state index contributed by atoms with van der Waals surface area (Å²) in [4.78, 5) is 10.6. The highest BCUT2D eigenvalue weighted by Crippen LogP contribution is 2.06. The van der Waals surface area contributed by atoms with Gasteiger partial charge in [-0.25, -0.2) is 0 Å². The Kier molecular flexibility index (Phi) is 10.1. The van der Waals surface area contributed by atoms with Gasteiger partial charge in [0.05, 0.1) is 0 Å². The van der Waals surface area contributed by atoms with E-state index in [1.54, 1.807) is 0 Å². The Morgan fingerprint density at radius 2 is 1.93 bits per heavy atom. The van der Waals surface area contributed by atoms with Crippen LogP contribution in [0.2, 0.25) is 0 Å². The van der Waals surface area contributed by atoms with E-state index in [2.05, 4.69) is 38.2 Å². The van der Waals surface area contributed by atoms with Gasteiger partial charge in [0.1, 0.15) is 0 Å². The van der Waals surface area contributed by atoms with E-state index in [9.17, 15) is 0 Å². The number of nitrogens with one attached hydrogen (secondary N) is 1. The highest BCUT2D eigenvalue weighted by atomic mass is 16.3. The molecule has 0 unspecified atom stereocenters. The summed E-state index contributed by atoms with van der Waals surface area (Å²) in [6, 6.07) is 0. The second-order valence-electron chi connectivity index (χ2n) is 3.78. The molecule has 0 aromatic carbocycles. The topological polar surface area (TPSA) is 78.6 Å². The molecule has 0 aliphatic carbocycles. The predicted octanol–water partition coefficient (Wildman–Crippen LogP) is -0.424. The first-order chi connectivity index (χ1) is 6.42. The first-order valence-corrected chi connectivity index (χ1v) is 4.58. The van der Waals surface area contributed by atoms with E-state index in [1.807, 2.05) is 0 Å². The summed E-state index contributed by atoms with van der Waals surface area (Å²) in [6.45, 7) is 6.75. The standard InChI is InChI=1S/C8H21N3.CH2O2/c1-8(2,11(3)4)7-10-6-5-9;2-1-3/h10H,5-7,9H2,1-4H3;1H,(H,2,3). The van der Waals surface area contributed by atoms with Crippen LogP contribution < -0.4 is 11.1 Å². The lowest BCUT2D eigenvalue weighted by Gasteiger charge is -2.32. The zero-order valence-electron chi connectivity index (χ0n) is 9.58. The summed E-state index contributed by atoms with van der Waals surface area (Å²) >= 11 is 0. The van der Waals surface area contributed by atoms with E-state index in [-0.39, 0.29) is 12.0 Å². The Morgan fingerprint density at radius 1 is 1.50 bits per heavy atom. The molecule has 0 saturated heterocycles. The van der Waals surface area contributed by atoms with Crippen molar-refractivity contribution in [2.45, 2.75) is 19.4 Å². The van der Waals surface area contributed by atoms with Crippen molar-refractivity contribution in [1.29, 1.82) is 0 Å². The number of likely N-dealkylation sites (N-methyl/N-ethyl adjacent to an activating group) is 1. The van der Waals surface area contributed by atoms with Crippen molar-refractivity contribution < 1.29 is 9.90 Å². The molecule has 0 spiro atoms. The van der Waals surface area contributed by atoms with Crippen molar-refractivity contribution >= 4 is 6.47 Å². The van der Waals surface area contributed by atoms with Gasteiger partial charge in [0.2, 0.25) is 0 Å². The van der Waals surface area contributed by atoms with Crippen LogP contribution in [0.4, 0.5) is 0 Å². The minimum absolute atomic E-state index is 0.217. The molecule has 0 fully saturated rings. The lowest BCUT2D eigenvalue weighted by Crippen LogP contribution is -2.47. The van der Waals surface area contributed by atoms with Gasteiger partial charge in [-0.1, -0.05) is 0 Å². The van der Waals surface area contributed by atoms with Gasteiger partial charge in [-0.2, -0.15) is 0 Å². The Bertz CT molecular complexity index is 138. The van der Waals surface area contributed by atoms with Crippen LogP contribution in [0.3, 0.4) is 0 Å². The molecule has 5 nitrogen and oxygen atoms in total. The molecule has 0 rings (SSSR count). The monoisotopic (exact) mass is 205 g/mol. The molecule has 4 N–H and O–H groups in total. The summed E-state index contributed by atoms with van der Waals surface area (Å²) < 4.78 is 0. The van der Waals surface area contributed by atoms with Gasteiger partial charge in [0.25, 0.3) is 6.47 Å².